The maximum atomic E-state index is 14.3. The van der Waals surface area contributed by atoms with Crippen LogP contribution in [0, 0.1) is 30.1 Å². The van der Waals surface area contributed by atoms with E-state index in [1.807, 2.05) is 32.8 Å². The first-order valence-electron chi connectivity index (χ1n) is 17.4. The second-order valence-electron chi connectivity index (χ2n) is 14.6. The van der Waals surface area contributed by atoms with Crippen molar-refractivity contribution in [2.24, 2.45) is 27.9 Å². The van der Waals surface area contributed by atoms with Crippen LogP contribution in [0.3, 0.4) is 0 Å². The van der Waals surface area contributed by atoms with E-state index in [9.17, 15) is 24.6 Å². The van der Waals surface area contributed by atoms with Crippen LogP contribution in [0.1, 0.15) is 81.1 Å². The number of nitrogens with zero attached hydrogens (tertiary/aromatic N) is 3. The number of aliphatic imine (C=N–C) groups is 1. The summed E-state index contributed by atoms with van der Waals surface area (Å²) in [5.41, 5.74) is -2.49. The Hall–Kier alpha value is -2.77. The van der Waals surface area contributed by atoms with Gasteiger partial charge in [-0.15, -0.1) is 6.42 Å². The Kier molecular flexibility index (Phi) is 14.7. The number of ketones is 1. The summed E-state index contributed by atoms with van der Waals surface area (Å²) in [6.45, 7) is 12.7. The Labute approximate surface area is 296 Å². The topological polar surface area (TPSA) is 175 Å². The fourth-order valence-electron chi connectivity index (χ4n) is 7.18. The van der Waals surface area contributed by atoms with Crippen molar-refractivity contribution in [3.05, 3.63) is 0 Å². The lowest BCUT2D eigenvalue weighted by molar-refractivity contribution is -0.296. The van der Waals surface area contributed by atoms with Crippen LogP contribution in [0.4, 0.5) is 0 Å². The number of likely N-dealkylation sites (N-methyl/N-ethyl adjacent to an activating group) is 1. The summed E-state index contributed by atoms with van der Waals surface area (Å²) in [6.07, 6.45) is 0.445. The van der Waals surface area contributed by atoms with Gasteiger partial charge in [0, 0.05) is 31.0 Å². The molecule has 3 saturated heterocycles. The van der Waals surface area contributed by atoms with E-state index in [1.54, 1.807) is 20.8 Å². The van der Waals surface area contributed by atoms with Crippen LogP contribution in [-0.2, 0) is 42.9 Å². The van der Waals surface area contributed by atoms with Crippen LogP contribution >= 0.6 is 0 Å². The third kappa shape index (κ3) is 9.97. The number of amides is 1. The van der Waals surface area contributed by atoms with Gasteiger partial charge >= 0.3 is 5.97 Å². The lowest BCUT2D eigenvalue weighted by Gasteiger charge is -2.47. The number of ether oxygens (including phenoxy) is 5. The summed E-state index contributed by atoms with van der Waals surface area (Å²) >= 11 is 0. The molecular formula is C36H57N3O11. The third-order valence-corrected chi connectivity index (χ3v) is 10.1. The second kappa shape index (κ2) is 17.6. The average Bonchev–Trinajstić information content (AvgIpc) is 3.06. The van der Waals surface area contributed by atoms with Crippen LogP contribution in [0.15, 0.2) is 10.1 Å². The number of carbonyl (C=O) groups is 3. The first-order valence-corrected chi connectivity index (χ1v) is 17.4. The average molecular weight is 708 g/mol. The van der Waals surface area contributed by atoms with Crippen molar-refractivity contribution in [1.29, 1.82) is 0 Å². The van der Waals surface area contributed by atoms with Crippen molar-refractivity contribution in [3.8, 4) is 12.3 Å². The normalized spacial score (nSPS) is 41.1. The molecule has 14 nitrogen and oxygen atoms in total. The molecule has 3 aliphatic heterocycles. The summed E-state index contributed by atoms with van der Waals surface area (Å²) in [4.78, 5) is 51.9. The molecule has 0 aromatic heterocycles. The van der Waals surface area contributed by atoms with Gasteiger partial charge in [-0.2, -0.15) is 0 Å². The van der Waals surface area contributed by atoms with Crippen LogP contribution in [0.2, 0.25) is 0 Å². The summed E-state index contributed by atoms with van der Waals surface area (Å²) in [5, 5.41) is 27.7. The summed E-state index contributed by atoms with van der Waals surface area (Å²) in [6, 6.07) is -0.309. The van der Waals surface area contributed by atoms with Crippen LogP contribution in [0.5, 0.6) is 0 Å². The number of esters is 1. The predicted octanol–water partition coefficient (Wildman–Crippen LogP) is 2.31. The number of terminal acetylenes is 1. The quantitative estimate of drug-likeness (QED) is 0.136. The molecule has 3 rings (SSSR count). The Bertz CT molecular complexity index is 1310. The van der Waals surface area contributed by atoms with E-state index >= 15 is 0 Å². The number of Topliss-reactive ketones (excluding diaryl/α,β-unsaturated/α-hetero) is 1. The Morgan fingerprint density at radius 1 is 1.16 bits per heavy atom. The van der Waals surface area contributed by atoms with E-state index in [0.29, 0.717) is 12.1 Å². The molecule has 0 aliphatic carbocycles. The minimum Gasteiger partial charge on any atom is -0.459 e. The first-order chi connectivity index (χ1) is 23.4. The minimum atomic E-state index is -1.80. The van der Waals surface area contributed by atoms with E-state index < -0.39 is 77.3 Å². The monoisotopic (exact) mass is 707 g/mol. The fraction of sp³-hybridized carbons (Fsp3) is 0.806. The molecule has 0 aromatic rings. The first kappa shape index (κ1) is 41.6. The number of carbonyl (C=O) groups excluding carboxylic acids is 3. The zero-order valence-electron chi connectivity index (χ0n) is 31.2. The highest BCUT2D eigenvalue weighted by atomic mass is 16.7. The van der Waals surface area contributed by atoms with Crippen LogP contribution < -0.4 is 0 Å². The SMILES string of the molecule is C#CCO/N=C1/CO[C@@H]2CC(=NC(C)=O)[C@H](C)C[C@@](C)(OC1)[C@H](O[C@@H]1O[C@H](C)C[C@H](N(C)C)[C@H]1O)[C@@H](C)C(=O)[C@@H](C)C(=O)O[C@H](CC)[C@@]2(C)O. The molecule has 0 aromatic carbocycles. The van der Waals surface area contributed by atoms with Crippen molar-refractivity contribution in [2.45, 2.75) is 135 Å². The zero-order valence-corrected chi connectivity index (χ0v) is 31.2. The lowest BCUT2D eigenvalue weighted by atomic mass is 9.76. The fourth-order valence-corrected chi connectivity index (χ4v) is 7.18. The number of aliphatic hydroxyl groups excluding tert-OH is 1. The number of oxime groups is 1. The van der Waals surface area contributed by atoms with Gasteiger partial charge in [-0.1, -0.05) is 31.8 Å². The second-order valence-corrected chi connectivity index (χ2v) is 14.6. The molecule has 50 heavy (non-hydrogen) atoms. The van der Waals surface area contributed by atoms with Crippen molar-refractivity contribution in [2.75, 3.05) is 33.9 Å². The number of hydrogen-bond donors (Lipinski definition) is 2. The number of cyclic esters (lactones) is 1. The van der Waals surface area contributed by atoms with E-state index in [-0.39, 0.29) is 56.9 Å². The Morgan fingerprint density at radius 2 is 1.84 bits per heavy atom. The standard InChI is InChI=1S/C36H57N3O11/c1-12-14-47-38-25-18-45-29-16-26(37-24(7)40)20(3)17-35(8,46-19-25)32(50-34-31(42)27(39(10)11)15-21(4)48-34)22(5)30(41)23(6)33(43)49-28(13-2)36(29,9)44/h1,20-23,27-29,31-32,34,42,44H,13-19H2,2-11H3/b37-26?,38-25-/t20-,21-,22+,23-,27+,28-,29-,31-,32-,34+,35-,36-/m1/s1. The van der Waals surface area contributed by atoms with Gasteiger partial charge in [0.25, 0.3) is 0 Å². The molecule has 0 spiro atoms. The predicted molar refractivity (Wildman–Crippen MR) is 184 cm³/mol. The van der Waals surface area contributed by atoms with E-state index in [4.69, 9.17) is 34.9 Å². The summed E-state index contributed by atoms with van der Waals surface area (Å²) < 4.78 is 31.7. The number of hydrogen-bond acceptors (Lipinski definition) is 13. The number of fused-ring (bicyclic) bond motifs is 5. The maximum Gasteiger partial charge on any atom is 0.316 e. The van der Waals surface area contributed by atoms with Gasteiger partial charge in [-0.3, -0.25) is 14.4 Å². The van der Waals surface area contributed by atoms with Gasteiger partial charge in [0.15, 0.2) is 18.7 Å². The zero-order chi connectivity index (χ0) is 37.6. The molecule has 14 heteroatoms. The highest BCUT2D eigenvalue weighted by Gasteiger charge is 2.51. The smallest absolute Gasteiger partial charge is 0.316 e. The largest absolute Gasteiger partial charge is 0.459 e. The molecule has 0 radical (unpaired) electrons. The molecule has 2 bridgehead atoms. The van der Waals surface area contributed by atoms with Gasteiger partial charge in [0.1, 0.15) is 29.4 Å². The molecule has 0 saturated carbocycles. The van der Waals surface area contributed by atoms with E-state index in [0.717, 1.165) is 0 Å². The van der Waals surface area contributed by atoms with Crippen molar-refractivity contribution in [1.82, 2.24) is 4.90 Å². The summed E-state index contributed by atoms with van der Waals surface area (Å²) in [7, 11) is 3.71. The Balaban J connectivity index is 2.30. The molecule has 282 valence electrons. The molecule has 3 fully saturated rings. The van der Waals surface area contributed by atoms with Crippen molar-refractivity contribution >= 4 is 29.1 Å². The highest BCUT2D eigenvalue weighted by molar-refractivity contribution is 6.00. The van der Waals surface area contributed by atoms with Gasteiger partial charge in [-0.05, 0) is 67.0 Å². The molecule has 12 atom stereocenters. The third-order valence-electron chi connectivity index (χ3n) is 10.1. The van der Waals surface area contributed by atoms with Crippen molar-refractivity contribution in [3.63, 3.8) is 0 Å². The van der Waals surface area contributed by atoms with Crippen molar-refractivity contribution < 1.29 is 53.1 Å². The summed E-state index contributed by atoms with van der Waals surface area (Å²) in [5.74, 6) is -2.16. The lowest BCUT2D eigenvalue weighted by Crippen LogP contribution is -2.59. The highest BCUT2D eigenvalue weighted by Crippen LogP contribution is 2.39. The van der Waals surface area contributed by atoms with Gasteiger partial charge in [0.2, 0.25) is 5.91 Å². The molecular weight excluding hydrogens is 650 g/mol. The van der Waals surface area contributed by atoms with Gasteiger partial charge < -0.3 is 43.6 Å². The van der Waals surface area contributed by atoms with Gasteiger partial charge in [0.05, 0.1) is 37.1 Å². The molecule has 3 heterocycles. The maximum absolute atomic E-state index is 14.3. The van der Waals surface area contributed by atoms with Crippen LogP contribution in [0.25, 0.3) is 0 Å². The molecule has 3 aliphatic rings. The Morgan fingerprint density at radius 3 is 2.44 bits per heavy atom. The molecule has 1 amide bonds. The van der Waals surface area contributed by atoms with E-state index in [2.05, 4.69) is 16.1 Å². The molecule has 0 unspecified atom stereocenters. The van der Waals surface area contributed by atoms with Gasteiger partial charge in [-0.25, -0.2) is 4.99 Å². The molecule has 2 N–H and O–H groups in total. The number of aliphatic hydroxyl groups is 2. The number of rotatable bonds is 6. The van der Waals surface area contributed by atoms with E-state index in [1.165, 1.54) is 20.8 Å². The van der Waals surface area contributed by atoms with Crippen LogP contribution in [-0.4, -0.2) is 132 Å². The minimum absolute atomic E-state index is 0.0155.